The summed E-state index contributed by atoms with van der Waals surface area (Å²) in [5.41, 5.74) is 1.56. The van der Waals surface area contributed by atoms with Crippen molar-refractivity contribution in [2.45, 2.75) is 39.6 Å². The van der Waals surface area contributed by atoms with Crippen LogP contribution in [0.15, 0.2) is 48.5 Å². The second-order valence-corrected chi connectivity index (χ2v) is 7.32. The molecule has 0 amide bonds. The highest BCUT2D eigenvalue weighted by Crippen LogP contribution is 2.31. The Morgan fingerprint density at radius 3 is 2.55 bits per heavy atom. The lowest BCUT2D eigenvalue weighted by atomic mass is 10.1. The van der Waals surface area contributed by atoms with E-state index in [-0.39, 0.29) is 23.4 Å². The second-order valence-electron chi connectivity index (χ2n) is 7.32. The molecule has 0 spiro atoms. The van der Waals surface area contributed by atoms with Crippen molar-refractivity contribution in [3.8, 4) is 17.0 Å². The maximum Gasteiger partial charge on any atom is 0.573 e. The quantitative estimate of drug-likeness (QED) is 0.304. The highest BCUT2D eigenvalue weighted by atomic mass is 19.4. The fourth-order valence-corrected chi connectivity index (χ4v) is 2.99. The molecular formula is C22H22F3N5O3. The van der Waals surface area contributed by atoms with Crippen LogP contribution < -0.4 is 15.4 Å². The summed E-state index contributed by atoms with van der Waals surface area (Å²) in [6.07, 6.45) is -4.03. The van der Waals surface area contributed by atoms with E-state index in [4.69, 9.17) is 0 Å². The molecule has 1 atom stereocenters. The number of ether oxygens (including phenoxy) is 1. The summed E-state index contributed by atoms with van der Waals surface area (Å²) in [6, 6.07) is 11.6. The number of benzene rings is 2. The van der Waals surface area contributed by atoms with Crippen molar-refractivity contribution >= 4 is 23.1 Å². The molecule has 0 aliphatic heterocycles. The molecule has 3 rings (SSSR count). The van der Waals surface area contributed by atoms with Crippen molar-refractivity contribution in [1.82, 2.24) is 9.97 Å². The van der Waals surface area contributed by atoms with Gasteiger partial charge in [-0.15, -0.1) is 13.2 Å². The van der Waals surface area contributed by atoms with Gasteiger partial charge < -0.3 is 15.4 Å². The van der Waals surface area contributed by atoms with Crippen LogP contribution in [0.1, 0.15) is 25.8 Å². The molecule has 0 unspecified atom stereocenters. The third-order valence-electron chi connectivity index (χ3n) is 4.84. The normalized spacial score (nSPS) is 12.2. The zero-order valence-corrected chi connectivity index (χ0v) is 18.1. The van der Waals surface area contributed by atoms with E-state index in [1.54, 1.807) is 31.2 Å². The van der Waals surface area contributed by atoms with Gasteiger partial charge in [-0.1, -0.05) is 25.1 Å². The van der Waals surface area contributed by atoms with Crippen LogP contribution in [-0.4, -0.2) is 27.3 Å². The zero-order valence-electron chi connectivity index (χ0n) is 18.1. The van der Waals surface area contributed by atoms with Gasteiger partial charge in [0.05, 0.1) is 16.2 Å². The second kappa shape index (κ2) is 9.72. The van der Waals surface area contributed by atoms with Gasteiger partial charge in [0.1, 0.15) is 11.6 Å². The Balaban J connectivity index is 2.03. The van der Waals surface area contributed by atoms with Gasteiger partial charge in [-0.25, -0.2) is 4.98 Å². The van der Waals surface area contributed by atoms with E-state index in [0.29, 0.717) is 28.3 Å². The number of nitro benzene ring substituents is 1. The van der Waals surface area contributed by atoms with Crippen molar-refractivity contribution in [2.24, 2.45) is 0 Å². The molecule has 174 valence electrons. The molecule has 0 aliphatic carbocycles. The molecule has 2 N–H and O–H groups in total. The van der Waals surface area contributed by atoms with E-state index in [0.717, 1.165) is 6.42 Å². The number of aromatic nitrogens is 2. The van der Waals surface area contributed by atoms with Gasteiger partial charge in [-0.05, 0) is 38.5 Å². The molecule has 2 aromatic carbocycles. The Bertz CT molecular complexity index is 1150. The van der Waals surface area contributed by atoms with E-state index in [1.807, 2.05) is 13.8 Å². The Morgan fingerprint density at radius 2 is 1.88 bits per heavy atom. The summed E-state index contributed by atoms with van der Waals surface area (Å²) >= 11 is 0. The molecule has 0 aliphatic rings. The topological polar surface area (TPSA) is 102 Å². The fourth-order valence-electron chi connectivity index (χ4n) is 2.99. The Hall–Kier alpha value is -3.89. The van der Waals surface area contributed by atoms with E-state index in [9.17, 15) is 23.3 Å². The van der Waals surface area contributed by atoms with Crippen LogP contribution in [0.4, 0.5) is 36.3 Å². The average Bonchev–Trinajstić information content (AvgIpc) is 2.73. The summed E-state index contributed by atoms with van der Waals surface area (Å²) in [7, 11) is 0. The molecule has 3 aromatic rings. The Labute approximate surface area is 188 Å². The lowest BCUT2D eigenvalue weighted by Crippen LogP contribution is -2.17. The smallest absolute Gasteiger partial charge is 0.406 e. The maximum atomic E-state index is 12.6. The standard InChI is InChI=1S/C22H22F3N5O3/c1-4-13(2)26-21-28-18(15-7-5-8-16(11-15)33-22(23,24)25)12-20(29-21)27-17-9-6-10-19(14(17)3)30(31)32/h5-13H,4H2,1-3H3,(H2,26,27,28,29)/t13-/m0/s1. The number of nitro groups is 1. The van der Waals surface area contributed by atoms with E-state index < -0.39 is 11.3 Å². The number of anilines is 3. The number of nitrogens with one attached hydrogen (secondary N) is 2. The van der Waals surface area contributed by atoms with Gasteiger partial charge >= 0.3 is 6.36 Å². The largest absolute Gasteiger partial charge is 0.573 e. The van der Waals surface area contributed by atoms with Gasteiger partial charge in [0.2, 0.25) is 5.95 Å². The van der Waals surface area contributed by atoms with Crippen LogP contribution in [0.5, 0.6) is 5.75 Å². The molecule has 0 fully saturated rings. The third kappa shape index (κ3) is 6.31. The summed E-state index contributed by atoms with van der Waals surface area (Å²) in [4.78, 5) is 19.6. The van der Waals surface area contributed by atoms with Crippen molar-refractivity contribution < 1.29 is 22.8 Å². The van der Waals surface area contributed by atoms with Gasteiger partial charge in [0.25, 0.3) is 5.69 Å². The minimum Gasteiger partial charge on any atom is -0.406 e. The number of hydrogen-bond acceptors (Lipinski definition) is 7. The van der Waals surface area contributed by atoms with Gasteiger partial charge in [-0.3, -0.25) is 10.1 Å². The summed E-state index contributed by atoms with van der Waals surface area (Å²) in [5.74, 6) is 0.199. The SMILES string of the molecule is CC[C@H](C)Nc1nc(Nc2cccc([N+](=O)[O-])c2C)cc(-c2cccc(OC(F)(F)F)c2)n1. The van der Waals surface area contributed by atoms with E-state index >= 15 is 0 Å². The Morgan fingerprint density at radius 1 is 1.15 bits per heavy atom. The van der Waals surface area contributed by atoms with Crippen LogP contribution in [-0.2, 0) is 0 Å². The fraction of sp³-hybridized carbons (Fsp3) is 0.273. The summed E-state index contributed by atoms with van der Waals surface area (Å²) in [6.45, 7) is 5.52. The first kappa shape index (κ1) is 23.8. The molecular weight excluding hydrogens is 439 g/mol. The van der Waals surface area contributed by atoms with Crippen molar-refractivity contribution in [1.29, 1.82) is 0 Å². The van der Waals surface area contributed by atoms with Crippen molar-refractivity contribution in [3.63, 3.8) is 0 Å². The molecule has 1 heterocycles. The molecule has 0 saturated heterocycles. The third-order valence-corrected chi connectivity index (χ3v) is 4.84. The minimum absolute atomic E-state index is 0.0348. The van der Waals surface area contributed by atoms with E-state index in [1.165, 1.54) is 24.3 Å². The Kier molecular flexibility index (Phi) is 7.00. The van der Waals surface area contributed by atoms with Gasteiger partial charge in [0, 0.05) is 29.4 Å². The number of nitrogens with zero attached hydrogens (tertiary/aromatic N) is 3. The van der Waals surface area contributed by atoms with Gasteiger partial charge in [-0.2, -0.15) is 4.98 Å². The average molecular weight is 461 g/mol. The molecule has 0 radical (unpaired) electrons. The van der Waals surface area contributed by atoms with Crippen LogP contribution in [0.3, 0.4) is 0 Å². The molecule has 8 nitrogen and oxygen atoms in total. The lowest BCUT2D eigenvalue weighted by Gasteiger charge is -2.16. The van der Waals surface area contributed by atoms with Crippen LogP contribution in [0.25, 0.3) is 11.3 Å². The summed E-state index contributed by atoms with van der Waals surface area (Å²) < 4.78 is 41.9. The first-order valence-electron chi connectivity index (χ1n) is 10.1. The molecule has 11 heteroatoms. The molecule has 0 bridgehead atoms. The lowest BCUT2D eigenvalue weighted by molar-refractivity contribution is -0.385. The van der Waals surface area contributed by atoms with Gasteiger partial charge in [0.15, 0.2) is 0 Å². The number of rotatable bonds is 8. The van der Waals surface area contributed by atoms with Crippen molar-refractivity contribution in [3.05, 3.63) is 64.2 Å². The predicted octanol–water partition coefficient (Wildman–Crippen LogP) is 6.21. The highest BCUT2D eigenvalue weighted by Gasteiger charge is 2.31. The van der Waals surface area contributed by atoms with Crippen LogP contribution >= 0.6 is 0 Å². The van der Waals surface area contributed by atoms with Crippen LogP contribution in [0, 0.1) is 17.0 Å². The number of alkyl halides is 3. The van der Waals surface area contributed by atoms with Crippen molar-refractivity contribution in [2.75, 3.05) is 10.6 Å². The zero-order chi connectivity index (χ0) is 24.2. The maximum absolute atomic E-state index is 12.6. The first-order valence-corrected chi connectivity index (χ1v) is 10.1. The first-order chi connectivity index (χ1) is 15.6. The predicted molar refractivity (Wildman–Crippen MR) is 119 cm³/mol. The highest BCUT2D eigenvalue weighted by molar-refractivity contribution is 5.71. The monoisotopic (exact) mass is 461 g/mol. The molecule has 1 aromatic heterocycles. The van der Waals surface area contributed by atoms with Crippen LogP contribution in [0.2, 0.25) is 0 Å². The van der Waals surface area contributed by atoms with E-state index in [2.05, 4.69) is 25.3 Å². The summed E-state index contributed by atoms with van der Waals surface area (Å²) in [5, 5.41) is 17.5. The molecule has 33 heavy (non-hydrogen) atoms. The molecule has 0 saturated carbocycles. The number of hydrogen-bond donors (Lipinski definition) is 2. The number of halogens is 3. The minimum atomic E-state index is -4.82.